The van der Waals surface area contributed by atoms with E-state index in [1.165, 1.54) is 0 Å². The highest BCUT2D eigenvalue weighted by Gasteiger charge is 2.21. The number of fused-ring (bicyclic) bond motifs is 1. The van der Waals surface area contributed by atoms with E-state index in [-0.39, 0.29) is 5.28 Å². The fourth-order valence-electron chi connectivity index (χ4n) is 3.47. The molecule has 2 aromatic heterocycles. The normalized spacial score (nSPS) is 11.5. The number of hydrogen-bond donors (Lipinski definition) is 0. The fraction of sp³-hybridized carbons (Fsp3) is 0.455. The molecule has 0 fully saturated rings. The van der Waals surface area contributed by atoms with Crippen LogP contribution in [0.1, 0.15) is 27.7 Å². The second-order valence-corrected chi connectivity index (χ2v) is 9.10. The van der Waals surface area contributed by atoms with Gasteiger partial charge in [0, 0.05) is 24.0 Å². The number of hydrogen-bond acceptors (Lipinski definition) is 6. The van der Waals surface area contributed by atoms with Crippen molar-refractivity contribution in [2.45, 2.75) is 27.7 Å². The number of benzene rings is 1. The number of halogens is 1. The molecule has 0 bridgehead atoms. The summed E-state index contributed by atoms with van der Waals surface area (Å²) in [5, 5.41) is 3.43. The summed E-state index contributed by atoms with van der Waals surface area (Å²) in [6.07, 6.45) is 0. The lowest BCUT2D eigenvalue weighted by Crippen LogP contribution is -2.32. The fourth-order valence-corrected chi connectivity index (χ4v) is 4.63. The molecule has 3 rings (SSSR count). The predicted octanol–water partition coefficient (Wildman–Crippen LogP) is 6.15. The van der Waals surface area contributed by atoms with Crippen LogP contribution in [0.15, 0.2) is 23.6 Å². The molecule has 0 radical (unpaired) electrons. The molecule has 1 aromatic carbocycles. The summed E-state index contributed by atoms with van der Waals surface area (Å²) in [6.45, 7) is 10.7. The third kappa shape index (κ3) is 4.75. The summed E-state index contributed by atoms with van der Waals surface area (Å²) < 4.78 is 10.9. The molecule has 0 amide bonds. The number of aromatic nitrogens is 2. The first kappa shape index (κ1) is 21.7. The van der Waals surface area contributed by atoms with Crippen LogP contribution >= 0.6 is 22.9 Å². The van der Waals surface area contributed by atoms with E-state index in [1.54, 1.807) is 25.6 Å². The van der Waals surface area contributed by atoms with Gasteiger partial charge in [-0.1, -0.05) is 33.8 Å². The third-order valence-electron chi connectivity index (χ3n) is 4.55. The van der Waals surface area contributed by atoms with Gasteiger partial charge in [-0.25, -0.2) is 4.98 Å². The molecule has 3 aromatic rings. The van der Waals surface area contributed by atoms with E-state index in [4.69, 9.17) is 21.1 Å². The van der Waals surface area contributed by atoms with Crippen LogP contribution in [0.5, 0.6) is 11.5 Å². The van der Waals surface area contributed by atoms with E-state index in [1.807, 2.05) is 18.2 Å². The maximum atomic E-state index is 6.30. The van der Waals surface area contributed by atoms with Gasteiger partial charge in [0.15, 0.2) is 11.5 Å². The van der Waals surface area contributed by atoms with Crippen LogP contribution in [0.25, 0.3) is 21.3 Å². The van der Waals surface area contributed by atoms with Gasteiger partial charge in [-0.05, 0) is 41.1 Å². The Labute approximate surface area is 181 Å². The smallest absolute Gasteiger partial charge is 0.225 e. The first-order valence-corrected chi connectivity index (χ1v) is 11.0. The van der Waals surface area contributed by atoms with Crippen molar-refractivity contribution in [3.63, 3.8) is 0 Å². The highest BCUT2D eigenvalue weighted by atomic mass is 35.5. The van der Waals surface area contributed by atoms with Crippen molar-refractivity contribution < 1.29 is 9.47 Å². The van der Waals surface area contributed by atoms with Crippen LogP contribution in [0.3, 0.4) is 0 Å². The van der Waals surface area contributed by atoms with Crippen LogP contribution < -0.4 is 14.4 Å². The quantitative estimate of drug-likeness (QED) is 0.399. The summed E-state index contributed by atoms with van der Waals surface area (Å²) >= 11 is 7.89. The van der Waals surface area contributed by atoms with Gasteiger partial charge in [0.2, 0.25) is 5.28 Å². The van der Waals surface area contributed by atoms with Gasteiger partial charge in [-0.15, -0.1) is 11.3 Å². The zero-order valence-electron chi connectivity index (χ0n) is 17.8. The van der Waals surface area contributed by atoms with Gasteiger partial charge in [0.05, 0.1) is 19.6 Å². The minimum absolute atomic E-state index is 0.283. The number of rotatable bonds is 8. The Morgan fingerprint density at radius 2 is 1.66 bits per heavy atom. The molecule has 0 spiro atoms. The van der Waals surface area contributed by atoms with Crippen LogP contribution in [-0.2, 0) is 0 Å². The predicted molar refractivity (Wildman–Crippen MR) is 123 cm³/mol. The van der Waals surface area contributed by atoms with Crippen LogP contribution in [0.4, 0.5) is 5.82 Å². The second-order valence-electron chi connectivity index (χ2n) is 7.91. The first-order valence-electron chi connectivity index (χ1n) is 9.76. The molecular weight excluding hydrogens is 406 g/mol. The van der Waals surface area contributed by atoms with Gasteiger partial charge in [-0.2, -0.15) is 4.98 Å². The van der Waals surface area contributed by atoms with Crippen molar-refractivity contribution in [1.29, 1.82) is 0 Å². The molecule has 0 saturated heterocycles. The molecule has 29 heavy (non-hydrogen) atoms. The number of nitrogens with zero attached hydrogens (tertiary/aromatic N) is 3. The Kier molecular flexibility index (Phi) is 6.85. The summed E-state index contributed by atoms with van der Waals surface area (Å²) in [7, 11) is 3.29. The van der Waals surface area contributed by atoms with E-state index in [0.29, 0.717) is 23.3 Å². The van der Waals surface area contributed by atoms with Gasteiger partial charge in [0.1, 0.15) is 10.6 Å². The average Bonchev–Trinajstić information content (AvgIpc) is 3.09. The second kappa shape index (κ2) is 9.18. The Balaban J connectivity index is 2.20. The van der Waals surface area contributed by atoms with Crippen molar-refractivity contribution in [3.8, 4) is 22.6 Å². The van der Waals surface area contributed by atoms with Crippen LogP contribution in [0, 0.1) is 11.8 Å². The lowest BCUT2D eigenvalue weighted by atomic mass is 10.0. The van der Waals surface area contributed by atoms with Gasteiger partial charge < -0.3 is 14.4 Å². The van der Waals surface area contributed by atoms with Gasteiger partial charge in [0.25, 0.3) is 0 Å². The zero-order chi connectivity index (χ0) is 21.1. The Morgan fingerprint density at radius 3 is 2.24 bits per heavy atom. The summed E-state index contributed by atoms with van der Waals surface area (Å²) in [5.74, 6) is 3.30. The maximum absolute atomic E-state index is 6.30. The molecule has 0 N–H and O–H groups in total. The third-order valence-corrected chi connectivity index (χ3v) is 5.59. The molecule has 0 aliphatic heterocycles. The average molecular weight is 434 g/mol. The minimum atomic E-state index is 0.283. The monoisotopic (exact) mass is 433 g/mol. The van der Waals surface area contributed by atoms with E-state index < -0.39 is 0 Å². The molecule has 0 unspecified atom stereocenters. The van der Waals surface area contributed by atoms with Crippen molar-refractivity contribution in [3.05, 3.63) is 28.9 Å². The summed E-state index contributed by atoms with van der Waals surface area (Å²) in [4.78, 5) is 12.4. The first-order chi connectivity index (χ1) is 13.8. The number of ether oxygens (including phenoxy) is 2. The van der Waals surface area contributed by atoms with E-state index in [0.717, 1.165) is 40.3 Å². The van der Waals surface area contributed by atoms with E-state index in [2.05, 4.69) is 47.9 Å². The van der Waals surface area contributed by atoms with Crippen molar-refractivity contribution in [1.82, 2.24) is 9.97 Å². The van der Waals surface area contributed by atoms with Crippen LogP contribution in [-0.4, -0.2) is 37.3 Å². The Hall–Kier alpha value is -2.05. The molecule has 0 atom stereocenters. The highest BCUT2D eigenvalue weighted by molar-refractivity contribution is 7.17. The number of methoxy groups -OCH3 is 2. The molecule has 7 heteroatoms. The molecule has 0 aliphatic carbocycles. The Bertz CT molecular complexity index is 978. The minimum Gasteiger partial charge on any atom is -0.493 e. The van der Waals surface area contributed by atoms with E-state index in [9.17, 15) is 0 Å². The molecular formula is C22H28ClN3O2S. The molecule has 2 heterocycles. The zero-order valence-corrected chi connectivity index (χ0v) is 19.4. The SMILES string of the molecule is COc1ccc(-c2csc3nc(Cl)nc(N(CC(C)C)CC(C)C)c23)cc1OC. The van der Waals surface area contributed by atoms with Crippen LogP contribution in [0.2, 0.25) is 5.28 Å². The summed E-state index contributed by atoms with van der Waals surface area (Å²) in [6, 6.07) is 5.96. The molecule has 0 saturated carbocycles. The maximum Gasteiger partial charge on any atom is 0.225 e. The Morgan fingerprint density at radius 1 is 1.00 bits per heavy atom. The molecule has 0 aliphatic rings. The standard InChI is InChI=1S/C22H28ClN3O2S/c1-13(2)10-26(11-14(3)4)20-19-16(12-29-21(19)25-22(23)24-20)15-7-8-17(27-5)18(9-15)28-6/h7-9,12-14H,10-11H2,1-6H3. The largest absolute Gasteiger partial charge is 0.493 e. The molecule has 5 nitrogen and oxygen atoms in total. The van der Waals surface area contributed by atoms with E-state index >= 15 is 0 Å². The van der Waals surface area contributed by atoms with Crippen molar-refractivity contribution in [2.75, 3.05) is 32.2 Å². The molecule has 156 valence electrons. The van der Waals surface area contributed by atoms with Crippen molar-refractivity contribution in [2.24, 2.45) is 11.8 Å². The summed E-state index contributed by atoms with van der Waals surface area (Å²) in [5.41, 5.74) is 2.12. The highest BCUT2D eigenvalue weighted by Crippen LogP contribution is 2.41. The number of thiophene rings is 1. The lowest BCUT2D eigenvalue weighted by molar-refractivity contribution is 0.355. The number of anilines is 1. The van der Waals surface area contributed by atoms with Gasteiger partial charge >= 0.3 is 0 Å². The van der Waals surface area contributed by atoms with Crippen molar-refractivity contribution >= 4 is 39.0 Å². The topological polar surface area (TPSA) is 47.5 Å². The lowest BCUT2D eigenvalue weighted by Gasteiger charge is -2.28. The van der Waals surface area contributed by atoms with Gasteiger partial charge in [-0.3, -0.25) is 0 Å².